The second-order valence-corrected chi connectivity index (χ2v) is 11.2. The highest BCUT2D eigenvalue weighted by molar-refractivity contribution is 8.00. The monoisotopic (exact) mass is 512 g/mol. The summed E-state index contributed by atoms with van der Waals surface area (Å²) in [5, 5.41) is 11.2. The number of sulfonamides is 1. The van der Waals surface area contributed by atoms with E-state index in [0.717, 1.165) is 21.9 Å². The van der Waals surface area contributed by atoms with Gasteiger partial charge in [-0.2, -0.15) is 0 Å². The van der Waals surface area contributed by atoms with Crippen molar-refractivity contribution in [2.75, 3.05) is 23.0 Å². The molecule has 32 heavy (non-hydrogen) atoms. The number of carbonyl (C=O) groups is 1. The highest BCUT2D eigenvalue weighted by atomic mass is 35.5. The summed E-state index contributed by atoms with van der Waals surface area (Å²) in [6.07, 6.45) is 1.03. The molecule has 0 fully saturated rings. The van der Waals surface area contributed by atoms with Crippen molar-refractivity contribution >= 4 is 61.4 Å². The number of hydrogen-bond donors (Lipinski definition) is 1. The quantitative estimate of drug-likeness (QED) is 0.337. The fraction of sp³-hybridized carbons (Fsp3) is 0.250. The van der Waals surface area contributed by atoms with E-state index in [1.165, 1.54) is 49.3 Å². The van der Waals surface area contributed by atoms with Gasteiger partial charge in [0.1, 0.15) is 11.8 Å². The summed E-state index contributed by atoms with van der Waals surface area (Å²) in [5.74, 6) is 0.577. The maximum Gasteiger partial charge on any atom is 0.249 e. The van der Waals surface area contributed by atoms with Crippen LogP contribution in [0, 0.1) is 0 Å². The highest BCUT2D eigenvalue weighted by Crippen LogP contribution is 2.32. The third-order valence-corrected chi connectivity index (χ3v) is 7.90. The molecule has 0 aliphatic heterocycles. The Morgan fingerprint density at radius 3 is 2.59 bits per heavy atom. The maximum absolute atomic E-state index is 12.8. The van der Waals surface area contributed by atoms with Crippen molar-refractivity contribution in [2.45, 2.75) is 23.1 Å². The summed E-state index contributed by atoms with van der Waals surface area (Å²) < 4.78 is 31.7. The molecule has 0 unspecified atom stereocenters. The van der Waals surface area contributed by atoms with Crippen LogP contribution in [0.3, 0.4) is 0 Å². The molecule has 0 saturated carbocycles. The van der Waals surface area contributed by atoms with Crippen molar-refractivity contribution in [2.24, 2.45) is 0 Å². The third-order valence-electron chi connectivity index (χ3n) is 4.32. The van der Waals surface area contributed by atoms with Crippen LogP contribution >= 0.6 is 34.7 Å². The first-order valence-corrected chi connectivity index (χ1v) is 13.4. The van der Waals surface area contributed by atoms with Crippen molar-refractivity contribution in [1.82, 2.24) is 10.2 Å². The first kappa shape index (κ1) is 24.3. The van der Waals surface area contributed by atoms with Crippen LogP contribution in [0.2, 0.25) is 5.02 Å². The summed E-state index contributed by atoms with van der Waals surface area (Å²) >= 11 is 8.88. The molecule has 1 amide bonds. The van der Waals surface area contributed by atoms with Crippen molar-refractivity contribution in [3.63, 3.8) is 0 Å². The predicted molar refractivity (Wildman–Crippen MR) is 129 cm³/mol. The molecule has 12 heteroatoms. The second kappa shape index (κ2) is 10.5. The van der Waals surface area contributed by atoms with Crippen LogP contribution in [-0.2, 0) is 20.6 Å². The van der Waals surface area contributed by atoms with Gasteiger partial charge in [0, 0.05) is 5.75 Å². The highest BCUT2D eigenvalue weighted by Gasteiger charge is 2.30. The van der Waals surface area contributed by atoms with Gasteiger partial charge in [0.2, 0.25) is 21.1 Å². The average molecular weight is 513 g/mol. The van der Waals surface area contributed by atoms with Crippen LogP contribution in [0.25, 0.3) is 0 Å². The van der Waals surface area contributed by atoms with E-state index < -0.39 is 22.0 Å². The van der Waals surface area contributed by atoms with Gasteiger partial charge in [-0.25, -0.2) is 8.42 Å². The number of rotatable bonds is 9. The molecule has 0 aliphatic rings. The number of benzene rings is 2. The third kappa shape index (κ3) is 6.12. The van der Waals surface area contributed by atoms with E-state index in [1.807, 2.05) is 30.3 Å². The molecule has 1 N–H and O–H groups in total. The summed E-state index contributed by atoms with van der Waals surface area (Å²) in [4.78, 5) is 12.8. The van der Waals surface area contributed by atoms with Crippen LogP contribution < -0.4 is 14.4 Å². The first-order chi connectivity index (χ1) is 15.2. The van der Waals surface area contributed by atoms with Crippen molar-refractivity contribution in [3.05, 3.63) is 59.1 Å². The molecule has 2 aromatic carbocycles. The van der Waals surface area contributed by atoms with Gasteiger partial charge in [-0.15, -0.1) is 10.2 Å². The molecule has 3 aromatic rings. The molecule has 0 saturated heterocycles. The molecule has 0 spiro atoms. The Morgan fingerprint density at radius 2 is 1.97 bits per heavy atom. The molecular weight excluding hydrogens is 492 g/mol. The number of amides is 1. The van der Waals surface area contributed by atoms with Gasteiger partial charge in [0.05, 0.1) is 24.1 Å². The van der Waals surface area contributed by atoms with Gasteiger partial charge < -0.3 is 4.74 Å². The van der Waals surface area contributed by atoms with E-state index >= 15 is 0 Å². The van der Waals surface area contributed by atoms with Gasteiger partial charge in [0.15, 0.2) is 4.34 Å². The zero-order chi connectivity index (χ0) is 23.3. The number of carbonyl (C=O) groups excluding carboxylic acids is 1. The van der Waals surface area contributed by atoms with Gasteiger partial charge in [0.25, 0.3) is 0 Å². The average Bonchev–Trinajstić information content (AvgIpc) is 3.19. The number of hydrogen-bond acceptors (Lipinski definition) is 8. The fourth-order valence-corrected chi connectivity index (χ4v) is 5.98. The Balaban J connectivity index is 1.71. The van der Waals surface area contributed by atoms with Crippen molar-refractivity contribution < 1.29 is 17.9 Å². The number of methoxy groups -OCH3 is 1. The molecule has 1 atom stereocenters. The second-order valence-electron chi connectivity index (χ2n) is 6.69. The molecule has 8 nitrogen and oxygen atoms in total. The van der Waals surface area contributed by atoms with E-state index in [9.17, 15) is 13.2 Å². The van der Waals surface area contributed by atoms with E-state index in [-0.39, 0.29) is 10.7 Å². The SMILES string of the molecule is COc1ccc(N([C@@H](C)C(=O)Nc2nnc(SCc3ccccc3)s2)S(C)(=O)=O)cc1Cl. The number of nitrogens with one attached hydrogen (secondary N) is 1. The lowest BCUT2D eigenvalue weighted by Gasteiger charge is -2.28. The molecule has 170 valence electrons. The minimum atomic E-state index is -3.79. The number of halogens is 1. The minimum Gasteiger partial charge on any atom is -0.495 e. The van der Waals surface area contributed by atoms with Gasteiger partial charge in [-0.1, -0.05) is 65.0 Å². The molecule has 0 aliphatic carbocycles. The fourth-order valence-electron chi connectivity index (χ4n) is 2.85. The van der Waals surface area contributed by atoms with Crippen LogP contribution in [0.1, 0.15) is 12.5 Å². The van der Waals surface area contributed by atoms with E-state index in [1.54, 1.807) is 6.07 Å². The molecular formula is C20H21ClN4O4S3. The Morgan fingerprint density at radius 1 is 1.25 bits per heavy atom. The zero-order valence-electron chi connectivity index (χ0n) is 17.5. The van der Waals surface area contributed by atoms with Crippen molar-refractivity contribution in [1.29, 1.82) is 0 Å². The number of thioether (sulfide) groups is 1. The number of aromatic nitrogens is 2. The van der Waals surface area contributed by atoms with E-state index in [0.29, 0.717) is 15.2 Å². The van der Waals surface area contributed by atoms with E-state index in [2.05, 4.69) is 15.5 Å². The Bertz CT molecular complexity index is 1190. The minimum absolute atomic E-state index is 0.232. The summed E-state index contributed by atoms with van der Waals surface area (Å²) in [7, 11) is -2.33. The van der Waals surface area contributed by atoms with Crippen LogP contribution in [0.15, 0.2) is 52.9 Å². The summed E-state index contributed by atoms with van der Waals surface area (Å²) in [6, 6.07) is 13.4. The molecule has 1 heterocycles. The normalized spacial score (nSPS) is 12.2. The van der Waals surface area contributed by atoms with Crippen LogP contribution in [-0.4, -0.2) is 43.9 Å². The van der Waals surface area contributed by atoms with Crippen LogP contribution in [0.4, 0.5) is 10.8 Å². The van der Waals surface area contributed by atoms with E-state index in [4.69, 9.17) is 16.3 Å². The summed E-state index contributed by atoms with van der Waals surface area (Å²) in [6.45, 7) is 1.49. The number of anilines is 2. The molecule has 0 bridgehead atoms. The predicted octanol–water partition coefficient (Wildman–Crippen LogP) is 4.29. The Hall–Kier alpha value is -2.34. The molecule has 3 rings (SSSR count). The molecule has 0 radical (unpaired) electrons. The lowest BCUT2D eigenvalue weighted by Crippen LogP contribution is -2.45. The lowest BCUT2D eigenvalue weighted by atomic mass is 10.2. The van der Waals surface area contributed by atoms with Gasteiger partial charge in [-0.05, 0) is 30.7 Å². The number of ether oxygens (including phenoxy) is 1. The topological polar surface area (TPSA) is 101 Å². The van der Waals surface area contributed by atoms with Gasteiger partial charge >= 0.3 is 0 Å². The summed E-state index contributed by atoms with van der Waals surface area (Å²) in [5.41, 5.74) is 1.39. The smallest absolute Gasteiger partial charge is 0.249 e. The lowest BCUT2D eigenvalue weighted by molar-refractivity contribution is -0.116. The standard InChI is InChI=1S/C20H21ClN4O4S3/c1-13(25(32(3,27)28)15-9-10-17(29-2)16(21)11-15)18(26)22-19-23-24-20(31-19)30-12-14-7-5-4-6-8-14/h4-11,13H,12H2,1-3H3,(H,22,23,26)/t13-/m0/s1. The number of nitrogens with zero attached hydrogens (tertiary/aromatic N) is 3. The van der Waals surface area contributed by atoms with Gasteiger partial charge in [-0.3, -0.25) is 14.4 Å². The zero-order valence-corrected chi connectivity index (χ0v) is 20.7. The Kier molecular flexibility index (Phi) is 7.99. The first-order valence-electron chi connectivity index (χ1n) is 9.33. The Labute approximate surface area is 200 Å². The van der Waals surface area contributed by atoms with Crippen molar-refractivity contribution in [3.8, 4) is 5.75 Å². The largest absolute Gasteiger partial charge is 0.495 e. The molecule has 1 aromatic heterocycles. The maximum atomic E-state index is 12.8. The van der Waals surface area contributed by atoms with Crippen LogP contribution in [0.5, 0.6) is 5.75 Å².